The molecule has 1 amide bonds. The quantitative estimate of drug-likeness (QED) is 0.0366. The number of allylic oxidation sites excluding steroid dienone is 9. The van der Waals surface area contributed by atoms with Gasteiger partial charge in [-0.1, -0.05) is 216 Å². The maximum absolute atomic E-state index is 12.5. The van der Waals surface area contributed by atoms with Gasteiger partial charge in [-0.05, 0) is 77.0 Å². The third-order valence-corrected chi connectivity index (χ3v) is 10.8. The second kappa shape index (κ2) is 45.7. The van der Waals surface area contributed by atoms with Gasteiger partial charge in [-0.15, -0.1) is 0 Å². The standard InChI is InChI=1S/C51H93NO4/c1-3-5-7-9-11-13-15-17-19-21-23-25-26-28-30-32-34-36-38-40-42-44-46-50(55)51(56)52-48(47-53)49(54)45-43-41-39-37-35-33-31-29-27-24-22-20-18-16-14-12-10-8-6-4-2/h23,25,27-30,35,37,43,45,48-50,53-55H,3-22,24,26,31-34,36,38-42,44,46-47H2,1-2H3,(H,52,56)/b25-23-,29-27+,30-28-,37-35+,45-43+. The number of carbonyl (C=O) groups is 1. The summed E-state index contributed by atoms with van der Waals surface area (Å²) in [6.07, 6.45) is 61.2. The molecule has 0 bridgehead atoms. The maximum atomic E-state index is 12.5. The molecule has 56 heavy (non-hydrogen) atoms. The summed E-state index contributed by atoms with van der Waals surface area (Å²) in [5.74, 6) is -0.526. The third kappa shape index (κ3) is 40.3. The number of rotatable bonds is 43. The zero-order valence-corrected chi connectivity index (χ0v) is 37.0. The first-order valence-corrected chi connectivity index (χ1v) is 24.1. The lowest BCUT2D eigenvalue weighted by molar-refractivity contribution is -0.131. The SMILES string of the molecule is CCCCCCCCCCC/C=C\C/C=C\CCCCCCCCC(O)C(=O)NC(CO)C(O)/C=C/CC/C=C/CC/C=C/CCCCCCCCCCCC. The van der Waals surface area contributed by atoms with Crippen molar-refractivity contribution in [3.05, 3.63) is 60.8 Å². The lowest BCUT2D eigenvalue weighted by atomic mass is 10.0. The lowest BCUT2D eigenvalue weighted by Gasteiger charge is -2.21. The average molecular weight is 784 g/mol. The zero-order valence-electron chi connectivity index (χ0n) is 37.0. The highest BCUT2D eigenvalue weighted by Gasteiger charge is 2.22. The van der Waals surface area contributed by atoms with Gasteiger partial charge in [-0.3, -0.25) is 4.79 Å². The van der Waals surface area contributed by atoms with Gasteiger partial charge in [0.05, 0.1) is 18.8 Å². The fraction of sp³-hybridized carbons (Fsp3) is 0.784. The molecule has 0 aromatic heterocycles. The van der Waals surface area contributed by atoms with Crippen molar-refractivity contribution in [2.24, 2.45) is 0 Å². The maximum Gasteiger partial charge on any atom is 0.249 e. The van der Waals surface area contributed by atoms with Crippen molar-refractivity contribution >= 4 is 5.91 Å². The van der Waals surface area contributed by atoms with Gasteiger partial charge in [-0.2, -0.15) is 0 Å². The van der Waals surface area contributed by atoms with Crippen LogP contribution in [0.15, 0.2) is 60.8 Å². The largest absolute Gasteiger partial charge is 0.394 e. The molecule has 5 heteroatoms. The van der Waals surface area contributed by atoms with E-state index in [1.165, 1.54) is 154 Å². The van der Waals surface area contributed by atoms with E-state index in [0.717, 1.165) is 57.8 Å². The molecule has 0 rings (SSSR count). The fourth-order valence-electron chi connectivity index (χ4n) is 7.01. The van der Waals surface area contributed by atoms with Gasteiger partial charge in [0.2, 0.25) is 5.91 Å². The van der Waals surface area contributed by atoms with Crippen molar-refractivity contribution in [1.82, 2.24) is 5.32 Å². The van der Waals surface area contributed by atoms with Gasteiger partial charge in [0.1, 0.15) is 6.10 Å². The number of hydrogen-bond acceptors (Lipinski definition) is 4. The summed E-state index contributed by atoms with van der Waals surface area (Å²) in [5, 5.41) is 33.2. The summed E-state index contributed by atoms with van der Waals surface area (Å²) in [6.45, 7) is 4.17. The van der Waals surface area contributed by atoms with Crippen LogP contribution >= 0.6 is 0 Å². The molecule has 3 unspecified atom stereocenters. The van der Waals surface area contributed by atoms with E-state index in [9.17, 15) is 20.1 Å². The second-order valence-corrected chi connectivity index (χ2v) is 16.3. The van der Waals surface area contributed by atoms with E-state index in [2.05, 4.69) is 67.8 Å². The normalized spacial score (nSPS) is 14.0. The van der Waals surface area contributed by atoms with Gasteiger partial charge in [0, 0.05) is 0 Å². The number of carbonyl (C=O) groups excluding carboxylic acids is 1. The van der Waals surface area contributed by atoms with Crippen LogP contribution in [-0.2, 0) is 4.79 Å². The number of amides is 1. The smallest absolute Gasteiger partial charge is 0.249 e. The predicted molar refractivity (Wildman–Crippen MR) is 245 cm³/mol. The average Bonchev–Trinajstić information content (AvgIpc) is 3.20. The van der Waals surface area contributed by atoms with E-state index >= 15 is 0 Å². The molecule has 0 aliphatic heterocycles. The Hall–Kier alpha value is -1.95. The topological polar surface area (TPSA) is 89.8 Å². The lowest BCUT2D eigenvalue weighted by Crippen LogP contribution is -2.48. The number of hydrogen-bond donors (Lipinski definition) is 4. The molecule has 5 nitrogen and oxygen atoms in total. The Morgan fingerprint density at radius 1 is 0.446 bits per heavy atom. The highest BCUT2D eigenvalue weighted by atomic mass is 16.3. The van der Waals surface area contributed by atoms with Gasteiger partial charge < -0.3 is 20.6 Å². The molecule has 4 N–H and O–H groups in total. The number of aliphatic hydroxyl groups is 3. The first-order chi connectivity index (χ1) is 27.6. The highest BCUT2D eigenvalue weighted by molar-refractivity contribution is 5.80. The van der Waals surface area contributed by atoms with E-state index in [1.54, 1.807) is 6.08 Å². The minimum Gasteiger partial charge on any atom is -0.394 e. The Morgan fingerprint density at radius 2 is 0.786 bits per heavy atom. The summed E-state index contributed by atoms with van der Waals surface area (Å²) in [4.78, 5) is 12.5. The Bertz CT molecular complexity index is 954. The third-order valence-electron chi connectivity index (χ3n) is 10.8. The molecule has 3 atom stereocenters. The van der Waals surface area contributed by atoms with Crippen molar-refractivity contribution in [2.75, 3.05) is 6.61 Å². The molecule has 0 spiro atoms. The molecule has 0 saturated heterocycles. The van der Waals surface area contributed by atoms with Crippen LogP contribution in [0.3, 0.4) is 0 Å². The Kier molecular flexibility index (Phi) is 44.2. The zero-order chi connectivity index (χ0) is 40.8. The molecule has 0 radical (unpaired) electrons. The van der Waals surface area contributed by atoms with E-state index in [-0.39, 0.29) is 6.61 Å². The summed E-state index contributed by atoms with van der Waals surface area (Å²) in [6, 6.07) is -0.828. The van der Waals surface area contributed by atoms with Crippen LogP contribution in [0.5, 0.6) is 0 Å². The van der Waals surface area contributed by atoms with Crippen molar-refractivity contribution < 1.29 is 20.1 Å². The summed E-state index contributed by atoms with van der Waals surface area (Å²) in [5.41, 5.74) is 0. The molecule has 0 aromatic rings. The molecule has 326 valence electrons. The molecule has 0 saturated carbocycles. The van der Waals surface area contributed by atoms with Crippen molar-refractivity contribution in [2.45, 2.75) is 250 Å². The Morgan fingerprint density at radius 3 is 1.20 bits per heavy atom. The number of aliphatic hydroxyl groups excluding tert-OH is 3. The van der Waals surface area contributed by atoms with Gasteiger partial charge in [0.25, 0.3) is 0 Å². The molecule has 0 aliphatic rings. The molecular formula is C51H93NO4. The van der Waals surface area contributed by atoms with Gasteiger partial charge >= 0.3 is 0 Å². The second-order valence-electron chi connectivity index (χ2n) is 16.3. The minimum atomic E-state index is -1.12. The van der Waals surface area contributed by atoms with E-state index < -0.39 is 24.2 Å². The van der Waals surface area contributed by atoms with Crippen LogP contribution in [0.2, 0.25) is 0 Å². The first kappa shape index (κ1) is 54.0. The predicted octanol–water partition coefficient (Wildman–Crippen LogP) is 14.3. The highest BCUT2D eigenvalue weighted by Crippen LogP contribution is 2.14. The van der Waals surface area contributed by atoms with E-state index in [0.29, 0.717) is 6.42 Å². The summed E-state index contributed by atoms with van der Waals surface area (Å²) < 4.78 is 0. The van der Waals surface area contributed by atoms with E-state index in [1.807, 2.05) is 6.08 Å². The van der Waals surface area contributed by atoms with Crippen LogP contribution in [0.4, 0.5) is 0 Å². The molecule has 0 fully saturated rings. The van der Waals surface area contributed by atoms with Crippen LogP contribution < -0.4 is 5.32 Å². The summed E-state index contributed by atoms with van der Waals surface area (Å²) >= 11 is 0. The van der Waals surface area contributed by atoms with Crippen molar-refractivity contribution in [3.8, 4) is 0 Å². The monoisotopic (exact) mass is 784 g/mol. The van der Waals surface area contributed by atoms with Crippen LogP contribution in [-0.4, -0.2) is 46.1 Å². The minimum absolute atomic E-state index is 0.387. The van der Waals surface area contributed by atoms with Crippen LogP contribution in [0.1, 0.15) is 232 Å². The molecule has 0 heterocycles. The van der Waals surface area contributed by atoms with Crippen molar-refractivity contribution in [1.29, 1.82) is 0 Å². The van der Waals surface area contributed by atoms with Crippen LogP contribution in [0.25, 0.3) is 0 Å². The Balaban J connectivity index is 3.75. The van der Waals surface area contributed by atoms with E-state index in [4.69, 9.17) is 0 Å². The van der Waals surface area contributed by atoms with Gasteiger partial charge in [-0.25, -0.2) is 0 Å². The number of nitrogens with one attached hydrogen (secondary N) is 1. The summed E-state index contributed by atoms with van der Waals surface area (Å²) in [7, 11) is 0. The molecular weight excluding hydrogens is 691 g/mol. The first-order valence-electron chi connectivity index (χ1n) is 24.1. The molecule has 0 aromatic carbocycles. The van der Waals surface area contributed by atoms with Crippen LogP contribution in [0, 0.1) is 0 Å². The Labute approximate surface area is 348 Å². The van der Waals surface area contributed by atoms with Gasteiger partial charge in [0.15, 0.2) is 0 Å². The fourth-order valence-corrected chi connectivity index (χ4v) is 7.01. The molecule has 0 aliphatic carbocycles. The number of unbranched alkanes of at least 4 members (excludes halogenated alkanes) is 27. The van der Waals surface area contributed by atoms with Crippen molar-refractivity contribution in [3.63, 3.8) is 0 Å².